The summed E-state index contributed by atoms with van der Waals surface area (Å²) in [6, 6.07) is 0.423. The van der Waals surface area contributed by atoms with Crippen LogP contribution in [0.25, 0.3) is 0 Å². The fourth-order valence-electron chi connectivity index (χ4n) is 0.462. The monoisotopic (exact) mass is 177 g/mol. The Bertz CT molecular complexity index is 44.5. The van der Waals surface area contributed by atoms with Gasteiger partial charge in [0, 0.05) is 0 Å². The molecule has 1 nitrogen and oxygen atoms in total. The number of hydrogen-bond acceptors (Lipinski definition) is 1. The van der Waals surface area contributed by atoms with E-state index in [1.54, 1.807) is 0 Å². The summed E-state index contributed by atoms with van der Waals surface area (Å²) in [5.41, 5.74) is 10.3. The van der Waals surface area contributed by atoms with Gasteiger partial charge >= 0.3 is 56.4 Å². The molecule has 1 unspecified atom stereocenters. The number of hydrogen-bond donors (Lipinski definition) is 1. The molecule has 0 spiro atoms. The molecule has 2 N–H and O–H groups in total. The zero-order valence-corrected chi connectivity index (χ0v) is 7.89. The molecule has 0 bridgehead atoms. The first kappa shape index (κ1) is 8.52. The first-order chi connectivity index (χ1) is 3.63. The zero-order chi connectivity index (χ0) is 6.57. The van der Waals surface area contributed by atoms with Gasteiger partial charge in [0.1, 0.15) is 0 Å². The van der Waals surface area contributed by atoms with Crippen molar-refractivity contribution in [3.8, 4) is 0 Å². The van der Waals surface area contributed by atoms with Crippen molar-refractivity contribution in [2.75, 3.05) is 0 Å². The number of nitrogens with two attached hydrogens (primary N) is 1. The molecule has 0 aliphatic carbocycles. The van der Waals surface area contributed by atoms with E-state index in [1.165, 1.54) is 11.6 Å². The molecule has 0 rings (SSSR count). The van der Waals surface area contributed by atoms with E-state index >= 15 is 0 Å². The first-order valence-electron chi connectivity index (χ1n) is 3.03. The van der Waals surface area contributed by atoms with E-state index in [0.29, 0.717) is 6.04 Å². The van der Waals surface area contributed by atoms with Gasteiger partial charge in [0.15, 0.2) is 0 Å². The minimum atomic E-state index is -0.362. The summed E-state index contributed by atoms with van der Waals surface area (Å²) in [6.07, 6.45) is 1.23. The van der Waals surface area contributed by atoms with Crippen LogP contribution in [0.15, 0.2) is 0 Å². The van der Waals surface area contributed by atoms with E-state index in [9.17, 15) is 0 Å². The molecule has 0 heterocycles. The molecular formula is C6H16AsN. The van der Waals surface area contributed by atoms with Crippen molar-refractivity contribution >= 4 is 14.7 Å². The van der Waals surface area contributed by atoms with E-state index in [1.807, 2.05) is 0 Å². The second-order valence-electron chi connectivity index (χ2n) is 2.57. The molecular weight excluding hydrogens is 161 g/mol. The normalized spacial score (nSPS) is 14.6. The van der Waals surface area contributed by atoms with E-state index in [0.717, 1.165) is 0 Å². The Morgan fingerprint density at radius 1 is 1.50 bits per heavy atom. The third-order valence-corrected chi connectivity index (χ3v) is 3.45. The Labute approximate surface area is 56.9 Å². The molecule has 0 radical (unpaired) electrons. The van der Waals surface area contributed by atoms with Crippen molar-refractivity contribution in [2.24, 2.45) is 5.73 Å². The maximum absolute atomic E-state index is 5.56. The second-order valence-corrected chi connectivity index (χ2v) is 8.04. The molecule has 50 valence electrons. The van der Waals surface area contributed by atoms with Crippen molar-refractivity contribution in [1.82, 2.24) is 0 Å². The minimum absolute atomic E-state index is 0.362. The molecule has 8 heavy (non-hydrogen) atoms. The van der Waals surface area contributed by atoms with Crippen molar-refractivity contribution in [3.05, 3.63) is 0 Å². The summed E-state index contributed by atoms with van der Waals surface area (Å²) in [5.74, 6) is 0. The maximum atomic E-state index is 5.56. The number of rotatable bonds is 3. The Morgan fingerprint density at radius 3 is 2.12 bits per heavy atom. The Kier molecular flexibility index (Phi) is 4.69. The Hall–Kier alpha value is 0.518. The van der Waals surface area contributed by atoms with Gasteiger partial charge in [-0.1, -0.05) is 0 Å². The van der Waals surface area contributed by atoms with Gasteiger partial charge in [0.2, 0.25) is 0 Å². The van der Waals surface area contributed by atoms with Gasteiger partial charge in [-0.2, -0.15) is 0 Å². The first-order valence-corrected chi connectivity index (χ1v) is 8.11. The van der Waals surface area contributed by atoms with Crippen LogP contribution in [0.4, 0.5) is 0 Å². The van der Waals surface area contributed by atoms with Crippen LogP contribution in [-0.2, 0) is 0 Å². The van der Waals surface area contributed by atoms with E-state index < -0.39 is 0 Å². The summed E-state index contributed by atoms with van der Waals surface area (Å²) in [5, 5.41) is 1.41. The standard InChI is InChI=1S/C6H16AsN/c1-6(8)4-5-7(2)3/h6H,4-5,8H2,1-3H3. The fourth-order valence-corrected chi connectivity index (χ4v) is 2.40. The summed E-state index contributed by atoms with van der Waals surface area (Å²) in [6.45, 7) is 2.08. The molecule has 0 aromatic heterocycles. The Morgan fingerprint density at radius 2 is 2.00 bits per heavy atom. The van der Waals surface area contributed by atoms with E-state index in [-0.39, 0.29) is 14.7 Å². The van der Waals surface area contributed by atoms with Crippen molar-refractivity contribution in [2.45, 2.75) is 36.0 Å². The SMILES string of the molecule is CC(N)CC[As](C)C. The van der Waals surface area contributed by atoms with Crippen LogP contribution >= 0.6 is 0 Å². The molecule has 0 aliphatic heterocycles. The van der Waals surface area contributed by atoms with Gasteiger partial charge < -0.3 is 0 Å². The zero-order valence-electron chi connectivity index (χ0n) is 6.02. The molecule has 0 saturated heterocycles. The van der Waals surface area contributed by atoms with Crippen molar-refractivity contribution in [1.29, 1.82) is 0 Å². The third kappa shape index (κ3) is 6.52. The van der Waals surface area contributed by atoms with Gasteiger partial charge in [0.05, 0.1) is 0 Å². The van der Waals surface area contributed by atoms with E-state index in [2.05, 4.69) is 18.3 Å². The fraction of sp³-hybridized carbons (Fsp3) is 1.00. The van der Waals surface area contributed by atoms with Gasteiger partial charge in [-0.3, -0.25) is 0 Å². The van der Waals surface area contributed by atoms with Crippen LogP contribution < -0.4 is 5.73 Å². The predicted octanol–water partition coefficient (Wildman–Crippen LogP) is 1.48. The van der Waals surface area contributed by atoms with Crippen LogP contribution in [0.5, 0.6) is 0 Å². The van der Waals surface area contributed by atoms with Crippen LogP contribution in [0.3, 0.4) is 0 Å². The summed E-state index contributed by atoms with van der Waals surface area (Å²) in [7, 11) is 0. The average Bonchev–Trinajstić information content (AvgIpc) is 1.61. The molecule has 0 aliphatic rings. The van der Waals surface area contributed by atoms with Gasteiger partial charge in [-0.25, -0.2) is 0 Å². The van der Waals surface area contributed by atoms with Gasteiger partial charge in [0.25, 0.3) is 0 Å². The van der Waals surface area contributed by atoms with Crippen LogP contribution in [0, 0.1) is 0 Å². The second kappa shape index (κ2) is 4.40. The third-order valence-electron chi connectivity index (χ3n) is 1.03. The van der Waals surface area contributed by atoms with Crippen molar-refractivity contribution in [3.63, 3.8) is 0 Å². The molecule has 0 aromatic carbocycles. The van der Waals surface area contributed by atoms with Crippen molar-refractivity contribution < 1.29 is 0 Å². The average molecular weight is 177 g/mol. The molecule has 0 aromatic rings. The van der Waals surface area contributed by atoms with E-state index in [4.69, 9.17) is 5.73 Å². The molecule has 1 atom stereocenters. The van der Waals surface area contributed by atoms with Gasteiger partial charge in [-0.15, -0.1) is 0 Å². The molecule has 0 fully saturated rings. The summed E-state index contributed by atoms with van der Waals surface area (Å²) < 4.78 is 0. The van der Waals surface area contributed by atoms with Crippen LogP contribution in [0.1, 0.15) is 13.3 Å². The molecule has 2 heteroatoms. The van der Waals surface area contributed by atoms with Crippen LogP contribution in [0.2, 0.25) is 16.6 Å². The quantitative estimate of drug-likeness (QED) is 0.649. The Balaban J connectivity index is 2.93. The summed E-state index contributed by atoms with van der Waals surface area (Å²) >= 11 is -0.362. The molecule has 0 saturated carbocycles. The van der Waals surface area contributed by atoms with Gasteiger partial charge in [-0.05, 0) is 0 Å². The predicted molar refractivity (Wildman–Crippen MR) is 40.6 cm³/mol. The molecule has 0 amide bonds. The van der Waals surface area contributed by atoms with Crippen LogP contribution in [-0.4, -0.2) is 20.7 Å². The summed E-state index contributed by atoms with van der Waals surface area (Å²) in [4.78, 5) is 0. The topological polar surface area (TPSA) is 26.0 Å².